The van der Waals surface area contributed by atoms with E-state index in [-0.39, 0.29) is 12.1 Å². The smallest absolute Gasteiger partial charge is 0.322 e. The van der Waals surface area contributed by atoms with Gasteiger partial charge >= 0.3 is 6.03 Å². The lowest BCUT2D eigenvalue weighted by Gasteiger charge is -2.36. The van der Waals surface area contributed by atoms with Gasteiger partial charge in [-0.25, -0.2) is 4.79 Å². The molecule has 0 spiro atoms. The molecule has 35 heavy (non-hydrogen) atoms. The van der Waals surface area contributed by atoms with Gasteiger partial charge in [0.05, 0.1) is 38.5 Å². The van der Waals surface area contributed by atoms with Crippen LogP contribution in [0.5, 0.6) is 11.5 Å². The van der Waals surface area contributed by atoms with Crippen molar-refractivity contribution in [3.8, 4) is 22.9 Å². The number of carbonyl (C=O) groups excluding carboxylic acids is 1. The average molecular weight is 477 g/mol. The first-order chi connectivity index (χ1) is 17.1. The molecule has 1 saturated heterocycles. The molecule has 0 radical (unpaired) electrons. The van der Waals surface area contributed by atoms with E-state index in [4.69, 9.17) is 23.7 Å². The molecule has 9 heteroatoms. The molecule has 2 unspecified atom stereocenters. The Bertz CT molecular complexity index is 1250. The molecule has 0 bridgehead atoms. The number of hydrogen-bond acceptors (Lipinski definition) is 7. The Labute approximate surface area is 203 Å². The summed E-state index contributed by atoms with van der Waals surface area (Å²) < 4.78 is 22.3. The first-order valence-corrected chi connectivity index (χ1v) is 11.6. The normalized spacial score (nSPS) is 20.2. The predicted octanol–water partition coefficient (Wildman–Crippen LogP) is 4.43. The molecule has 182 valence electrons. The highest BCUT2D eigenvalue weighted by atomic mass is 16.5. The van der Waals surface area contributed by atoms with E-state index in [1.165, 1.54) is 0 Å². The second kappa shape index (κ2) is 9.79. The Morgan fingerprint density at radius 3 is 2.63 bits per heavy atom. The summed E-state index contributed by atoms with van der Waals surface area (Å²) in [5.41, 5.74) is 3.10. The standard InChI is InChI=1S/C26H28N4O5/c1-16-22(25-28-24(29-35-25)18-8-5-10-20(14-18)33-3)23(17-7-4-9-19(13-17)32-2)27-26(31)30(16)15-21-11-6-12-34-21/h4-5,7-10,13-14,21,23H,6,11-12,15H2,1-3H3,(H,27,31). The molecule has 2 aliphatic rings. The molecule has 1 fully saturated rings. The summed E-state index contributed by atoms with van der Waals surface area (Å²) in [6.45, 7) is 3.09. The number of rotatable bonds is 7. The summed E-state index contributed by atoms with van der Waals surface area (Å²) >= 11 is 0. The summed E-state index contributed by atoms with van der Waals surface area (Å²) in [4.78, 5) is 19.6. The largest absolute Gasteiger partial charge is 0.497 e. The van der Waals surface area contributed by atoms with Crippen LogP contribution in [0.3, 0.4) is 0 Å². The van der Waals surface area contributed by atoms with Gasteiger partial charge in [-0.1, -0.05) is 29.4 Å². The van der Waals surface area contributed by atoms with Crippen LogP contribution in [0.1, 0.15) is 37.3 Å². The van der Waals surface area contributed by atoms with E-state index in [0.29, 0.717) is 29.8 Å². The summed E-state index contributed by atoms with van der Waals surface area (Å²) in [5.74, 6) is 2.17. The van der Waals surface area contributed by atoms with Crippen LogP contribution < -0.4 is 14.8 Å². The van der Waals surface area contributed by atoms with Gasteiger partial charge in [0.2, 0.25) is 5.82 Å². The third-order valence-electron chi connectivity index (χ3n) is 6.42. The molecule has 5 rings (SSSR count). The Balaban J connectivity index is 1.57. The predicted molar refractivity (Wildman–Crippen MR) is 129 cm³/mol. The van der Waals surface area contributed by atoms with Crippen LogP contribution in [0.15, 0.2) is 58.8 Å². The SMILES string of the molecule is COc1cccc(-c2noc(C3=C(C)N(CC4CCCO4)C(=O)NC3c3cccc(OC)c3)n2)c1. The fourth-order valence-corrected chi connectivity index (χ4v) is 4.55. The van der Waals surface area contributed by atoms with Crippen molar-refractivity contribution in [3.05, 3.63) is 65.7 Å². The first-order valence-electron chi connectivity index (χ1n) is 11.6. The van der Waals surface area contributed by atoms with Crippen molar-refractivity contribution >= 4 is 11.6 Å². The Hall–Kier alpha value is -3.85. The van der Waals surface area contributed by atoms with Gasteiger partial charge < -0.3 is 24.1 Å². The quantitative estimate of drug-likeness (QED) is 0.539. The van der Waals surface area contributed by atoms with Crippen LogP contribution in [0, 0.1) is 0 Å². The van der Waals surface area contributed by atoms with E-state index in [2.05, 4.69) is 10.5 Å². The zero-order valence-corrected chi connectivity index (χ0v) is 20.0. The molecule has 1 aromatic heterocycles. The van der Waals surface area contributed by atoms with Crippen molar-refractivity contribution < 1.29 is 23.5 Å². The number of ether oxygens (including phenoxy) is 3. The van der Waals surface area contributed by atoms with Crippen LogP contribution in [-0.2, 0) is 4.74 Å². The van der Waals surface area contributed by atoms with Gasteiger partial charge in [-0.3, -0.25) is 4.90 Å². The van der Waals surface area contributed by atoms with Crippen molar-refractivity contribution in [2.75, 3.05) is 27.4 Å². The first kappa shape index (κ1) is 22.9. The minimum Gasteiger partial charge on any atom is -0.497 e. The number of hydrogen-bond donors (Lipinski definition) is 1. The summed E-state index contributed by atoms with van der Waals surface area (Å²) in [5, 5.41) is 7.35. The maximum atomic E-state index is 13.2. The number of amides is 2. The van der Waals surface area contributed by atoms with E-state index in [1.54, 1.807) is 19.1 Å². The number of carbonyl (C=O) groups is 1. The third-order valence-corrected chi connectivity index (χ3v) is 6.42. The molecule has 9 nitrogen and oxygen atoms in total. The molecule has 2 aliphatic heterocycles. The zero-order valence-electron chi connectivity index (χ0n) is 20.0. The molecule has 2 amide bonds. The van der Waals surface area contributed by atoms with E-state index in [1.807, 2.05) is 55.5 Å². The van der Waals surface area contributed by atoms with Crippen LogP contribution in [0.25, 0.3) is 17.0 Å². The fourth-order valence-electron chi connectivity index (χ4n) is 4.55. The molecule has 3 aromatic rings. The van der Waals surface area contributed by atoms with Gasteiger partial charge in [-0.15, -0.1) is 0 Å². The lowest BCUT2D eigenvalue weighted by atomic mass is 9.94. The second-order valence-electron chi connectivity index (χ2n) is 8.56. The second-order valence-corrected chi connectivity index (χ2v) is 8.56. The van der Waals surface area contributed by atoms with E-state index >= 15 is 0 Å². The molecule has 0 saturated carbocycles. The van der Waals surface area contributed by atoms with Gasteiger partial charge in [-0.2, -0.15) is 4.98 Å². The van der Waals surface area contributed by atoms with Crippen LogP contribution in [0.4, 0.5) is 4.79 Å². The lowest BCUT2D eigenvalue weighted by molar-refractivity contribution is 0.0877. The number of nitrogens with zero attached hydrogens (tertiary/aromatic N) is 3. The van der Waals surface area contributed by atoms with Gasteiger partial charge in [0.1, 0.15) is 11.5 Å². The minimum absolute atomic E-state index is 0.000323. The van der Waals surface area contributed by atoms with Crippen molar-refractivity contribution in [2.45, 2.75) is 31.9 Å². The third kappa shape index (κ3) is 4.59. The summed E-state index contributed by atoms with van der Waals surface area (Å²) in [6.07, 6.45) is 1.92. The summed E-state index contributed by atoms with van der Waals surface area (Å²) in [7, 11) is 3.23. The molecule has 2 aromatic carbocycles. The van der Waals surface area contributed by atoms with Gasteiger partial charge in [0, 0.05) is 17.9 Å². The number of nitrogens with one attached hydrogen (secondary N) is 1. The van der Waals surface area contributed by atoms with Crippen molar-refractivity contribution in [1.82, 2.24) is 20.4 Å². The van der Waals surface area contributed by atoms with E-state index in [9.17, 15) is 4.79 Å². The van der Waals surface area contributed by atoms with E-state index in [0.717, 1.165) is 41.8 Å². The number of allylic oxidation sites excluding steroid dienone is 1. The maximum Gasteiger partial charge on any atom is 0.322 e. The summed E-state index contributed by atoms with van der Waals surface area (Å²) in [6, 6.07) is 14.4. The Morgan fingerprint density at radius 2 is 1.89 bits per heavy atom. The number of methoxy groups -OCH3 is 2. The zero-order chi connectivity index (χ0) is 24.4. The molecule has 3 heterocycles. The van der Waals surface area contributed by atoms with Gasteiger partial charge in [-0.05, 0) is 49.6 Å². The van der Waals surface area contributed by atoms with Gasteiger partial charge in [0.25, 0.3) is 5.89 Å². The van der Waals surface area contributed by atoms with Crippen molar-refractivity contribution in [1.29, 1.82) is 0 Å². The highest BCUT2D eigenvalue weighted by Crippen LogP contribution is 2.38. The number of aromatic nitrogens is 2. The highest BCUT2D eigenvalue weighted by molar-refractivity contribution is 5.87. The molecular weight excluding hydrogens is 448 g/mol. The lowest BCUT2D eigenvalue weighted by Crippen LogP contribution is -2.48. The molecular formula is C26H28N4O5. The fraction of sp³-hybridized carbons (Fsp3) is 0.346. The molecule has 1 N–H and O–H groups in total. The van der Waals surface area contributed by atoms with Crippen LogP contribution in [0.2, 0.25) is 0 Å². The van der Waals surface area contributed by atoms with Crippen LogP contribution >= 0.6 is 0 Å². The van der Waals surface area contributed by atoms with Gasteiger partial charge in [0.15, 0.2) is 0 Å². The molecule has 0 aliphatic carbocycles. The minimum atomic E-state index is -0.489. The maximum absolute atomic E-state index is 13.2. The van der Waals surface area contributed by atoms with Crippen molar-refractivity contribution in [2.24, 2.45) is 0 Å². The number of urea groups is 1. The Morgan fingerprint density at radius 1 is 1.11 bits per heavy atom. The highest BCUT2D eigenvalue weighted by Gasteiger charge is 2.37. The topological polar surface area (TPSA) is 99.0 Å². The monoisotopic (exact) mass is 476 g/mol. The molecule has 2 atom stereocenters. The number of benzene rings is 2. The Kier molecular flexibility index (Phi) is 6.41. The van der Waals surface area contributed by atoms with Crippen LogP contribution in [-0.4, -0.2) is 54.5 Å². The average Bonchev–Trinajstić information content (AvgIpc) is 3.59. The van der Waals surface area contributed by atoms with Crippen molar-refractivity contribution in [3.63, 3.8) is 0 Å². The van der Waals surface area contributed by atoms with E-state index < -0.39 is 6.04 Å².